The Kier molecular flexibility index (Phi) is 5.90. The minimum Gasteiger partial charge on any atom is -0.313 e. The molecule has 0 saturated heterocycles. The molecule has 0 aromatic heterocycles. The van der Waals surface area contributed by atoms with E-state index < -0.39 is 0 Å². The van der Waals surface area contributed by atoms with Crippen molar-refractivity contribution in [2.24, 2.45) is 0 Å². The van der Waals surface area contributed by atoms with Gasteiger partial charge in [-0.15, -0.1) is 0 Å². The van der Waals surface area contributed by atoms with Crippen molar-refractivity contribution in [1.82, 2.24) is 5.32 Å². The van der Waals surface area contributed by atoms with E-state index in [4.69, 9.17) is 11.6 Å². The van der Waals surface area contributed by atoms with Gasteiger partial charge in [-0.05, 0) is 58.6 Å². The molecule has 19 heavy (non-hydrogen) atoms. The molecule has 0 heterocycles. The molecular weight excluding hydrogens is 322 g/mol. The van der Waals surface area contributed by atoms with Crippen LogP contribution in [0.25, 0.3) is 0 Å². The summed E-state index contributed by atoms with van der Waals surface area (Å²) in [6, 6.07) is 16.6. The summed E-state index contributed by atoms with van der Waals surface area (Å²) < 4.78 is 0.956. The van der Waals surface area contributed by atoms with Gasteiger partial charge in [-0.25, -0.2) is 0 Å². The van der Waals surface area contributed by atoms with Gasteiger partial charge in [-0.2, -0.15) is 0 Å². The second-order valence-electron chi connectivity index (χ2n) is 4.51. The van der Waals surface area contributed by atoms with E-state index in [9.17, 15) is 0 Å². The third-order valence-corrected chi connectivity index (χ3v) is 4.19. The fourth-order valence-electron chi connectivity index (χ4n) is 1.94. The second-order valence-corrected chi connectivity index (χ2v) is 5.78. The average molecular weight is 339 g/mol. The number of halogens is 2. The van der Waals surface area contributed by atoms with Gasteiger partial charge in [0.05, 0.1) is 5.02 Å². The predicted molar refractivity (Wildman–Crippen MR) is 85.6 cm³/mol. The first-order valence-corrected chi connectivity index (χ1v) is 7.61. The smallest absolute Gasteiger partial charge is 0.0548 e. The van der Waals surface area contributed by atoms with Gasteiger partial charge in [-0.1, -0.05) is 48.0 Å². The lowest BCUT2D eigenvalue weighted by molar-refractivity contribution is 0.649. The maximum atomic E-state index is 5.96. The number of hydrogen-bond acceptors (Lipinski definition) is 1. The predicted octanol–water partition coefficient (Wildman–Crippen LogP) is 4.82. The number of hydrogen-bond donors (Lipinski definition) is 1. The van der Waals surface area contributed by atoms with Gasteiger partial charge in [0.2, 0.25) is 0 Å². The Balaban J connectivity index is 1.68. The van der Waals surface area contributed by atoms with Crippen LogP contribution >= 0.6 is 27.5 Å². The van der Waals surface area contributed by atoms with Crippen LogP contribution in [0.5, 0.6) is 0 Å². The molecule has 0 saturated carbocycles. The minimum atomic E-state index is 0.757. The Morgan fingerprint density at radius 2 is 1.79 bits per heavy atom. The van der Waals surface area contributed by atoms with E-state index in [0.29, 0.717) is 0 Å². The van der Waals surface area contributed by atoms with Crippen molar-refractivity contribution in [2.75, 3.05) is 6.54 Å². The van der Waals surface area contributed by atoms with Gasteiger partial charge in [0.1, 0.15) is 0 Å². The lowest BCUT2D eigenvalue weighted by Crippen LogP contribution is -2.15. The zero-order valence-corrected chi connectivity index (χ0v) is 13.0. The quantitative estimate of drug-likeness (QED) is 0.744. The van der Waals surface area contributed by atoms with Crippen molar-refractivity contribution >= 4 is 27.5 Å². The Labute approximate surface area is 128 Å². The summed E-state index contributed by atoms with van der Waals surface area (Å²) in [5, 5.41) is 4.21. The molecule has 0 aliphatic heterocycles. The first-order valence-electron chi connectivity index (χ1n) is 6.44. The molecule has 0 atom stereocenters. The fraction of sp³-hybridized carbons (Fsp3) is 0.250. The van der Waals surface area contributed by atoms with E-state index in [0.717, 1.165) is 35.4 Å². The molecule has 100 valence electrons. The normalized spacial score (nSPS) is 10.6. The molecule has 0 aliphatic carbocycles. The molecular formula is C16H17BrClN. The number of aryl methyl sites for hydroxylation is 1. The lowest BCUT2D eigenvalue weighted by Gasteiger charge is -2.06. The van der Waals surface area contributed by atoms with E-state index in [1.54, 1.807) is 0 Å². The van der Waals surface area contributed by atoms with Crippen LogP contribution in [0, 0.1) is 0 Å². The highest BCUT2D eigenvalue weighted by Gasteiger charge is 1.99. The van der Waals surface area contributed by atoms with Crippen LogP contribution in [0.1, 0.15) is 17.5 Å². The summed E-state index contributed by atoms with van der Waals surface area (Å²) in [6.45, 7) is 1.90. The lowest BCUT2D eigenvalue weighted by atomic mass is 10.1. The third-order valence-electron chi connectivity index (χ3n) is 2.97. The maximum Gasteiger partial charge on any atom is 0.0548 e. The molecule has 0 spiro atoms. The van der Waals surface area contributed by atoms with E-state index in [2.05, 4.69) is 63.7 Å². The van der Waals surface area contributed by atoms with Crippen molar-refractivity contribution < 1.29 is 0 Å². The Morgan fingerprint density at radius 3 is 2.53 bits per heavy atom. The van der Waals surface area contributed by atoms with Gasteiger partial charge < -0.3 is 5.32 Å². The number of rotatable bonds is 6. The SMILES string of the molecule is Clc1ccc(CNCCCc2ccccc2)cc1Br. The Morgan fingerprint density at radius 1 is 1.00 bits per heavy atom. The minimum absolute atomic E-state index is 0.757. The van der Waals surface area contributed by atoms with Crippen LogP contribution in [0.2, 0.25) is 5.02 Å². The van der Waals surface area contributed by atoms with Gasteiger partial charge in [0.25, 0.3) is 0 Å². The van der Waals surface area contributed by atoms with Crippen molar-refractivity contribution in [1.29, 1.82) is 0 Å². The molecule has 2 aromatic rings. The molecule has 0 fully saturated rings. The highest BCUT2D eigenvalue weighted by molar-refractivity contribution is 9.10. The maximum absolute atomic E-state index is 5.96. The second kappa shape index (κ2) is 7.68. The van der Waals surface area contributed by atoms with Gasteiger partial charge in [-0.3, -0.25) is 0 Å². The molecule has 0 aliphatic rings. The monoisotopic (exact) mass is 337 g/mol. The Bertz CT molecular complexity index is 513. The van der Waals surface area contributed by atoms with E-state index in [1.165, 1.54) is 11.1 Å². The zero-order chi connectivity index (χ0) is 13.5. The van der Waals surface area contributed by atoms with Crippen molar-refractivity contribution in [3.63, 3.8) is 0 Å². The topological polar surface area (TPSA) is 12.0 Å². The van der Waals surface area contributed by atoms with Crippen molar-refractivity contribution in [2.45, 2.75) is 19.4 Å². The molecule has 0 amide bonds. The Hall–Kier alpha value is -0.830. The molecule has 1 nitrogen and oxygen atoms in total. The summed E-state index contributed by atoms with van der Waals surface area (Å²) in [4.78, 5) is 0. The standard InChI is InChI=1S/C16H17BrClN/c17-15-11-14(8-9-16(15)18)12-19-10-4-7-13-5-2-1-3-6-13/h1-3,5-6,8-9,11,19H,4,7,10,12H2. The van der Waals surface area contributed by atoms with Crippen LogP contribution in [-0.2, 0) is 13.0 Å². The van der Waals surface area contributed by atoms with E-state index in [1.807, 2.05) is 6.07 Å². The summed E-state index contributed by atoms with van der Waals surface area (Å²) in [5.74, 6) is 0. The summed E-state index contributed by atoms with van der Waals surface area (Å²) >= 11 is 9.40. The number of nitrogens with one attached hydrogen (secondary N) is 1. The van der Waals surface area contributed by atoms with Crippen molar-refractivity contribution in [3.05, 3.63) is 69.2 Å². The van der Waals surface area contributed by atoms with Crippen molar-refractivity contribution in [3.8, 4) is 0 Å². The largest absolute Gasteiger partial charge is 0.313 e. The molecule has 2 aromatic carbocycles. The first-order chi connectivity index (χ1) is 9.25. The summed E-state index contributed by atoms with van der Waals surface area (Å²) in [6.07, 6.45) is 2.27. The molecule has 0 radical (unpaired) electrons. The van der Waals surface area contributed by atoms with Crippen LogP contribution in [0.4, 0.5) is 0 Å². The third kappa shape index (κ3) is 4.98. The number of benzene rings is 2. The first kappa shape index (κ1) is 14.6. The van der Waals surface area contributed by atoms with Crippen LogP contribution < -0.4 is 5.32 Å². The van der Waals surface area contributed by atoms with Crippen LogP contribution in [-0.4, -0.2) is 6.54 Å². The molecule has 3 heteroatoms. The summed E-state index contributed by atoms with van der Waals surface area (Å²) in [5.41, 5.74) is 2.65. The summed E-state index contributed by atoms with van der Waals surface area (Å²) in [7, 11) is 0. The fourth-order valence-corrected chi connectivity index (χ4v) is 2.49. The highest BCUT2D eigenvalue weighted by atomic mass is 79.9. The van der Waals surface area contributed by atoms with Gasteiger partial charge in [0, 0.05) is 11.0 Å². The van der Waals surface area contributed by atoms with Crippen LogP contribution in [0.15, 0.2) is 53.0 Å². The average Bonchev–Trinajstić information content (AvgIpc) is 2.43. The molecule has 0 unspecified atom stereocenters. The van der Waals surface area contributed by atoms with Crippen LogP contribution in [0.3, 0.4) is 0 Å². The van der Waals surface area contributed by atoms with Gasteiger partial charge in [0.15, 0.2) is 0 Å². The van der Waals surface area contributed by atoms with E-state index in [-0.39, 0.29) is 0 Å². The molecule has 0 bridgehead atoms. The zero-order valence-electron chi connectivity index (χ0n) is 10.7. The van der Waals surface area contributed by atoms with Gasteiger partial charge >= 0.3 is 0 Å². The molecule has 2 rings (SSSR count). The highest BCUT2D eigenvalue weighted by Crippen LogP contribution is 2.23. The molecule has 1 N–H and O–H groups in total. The van der Waals surface area contributed by atoms with E-state index >= 15 is 0 Å².